The van der Waals surface area contributed by atoms with E-state index in [4.69, 9.17) is 16.3 Å². The SMILES string of the molecule is O=C(COC(=O)C=Cc1ccccc1Cl)Nc1cccc2ccccc12. The second-order valence-corrected chi connectivity index (χ2v) is 5.94. The first kappa shape index (κ1) is 17.7. The summed E-state index contributed by atoms with van der Waals surface area (Å²) in [7, 11) is 0. The van der Waals surface area contributed by atoms with E-state index in [9.17, 15) is 9.59 Å². The van der Waals surface area contributed by atoms with Crippen LogP contribution in [0.3, 0.4) is 0 Å². The average Bonchev–Trinajstić information content (AvgIpc) is 2.66. The average molecular weight is 366 g/mol. The van der Waals surface area contributed by atoms with E-state index in [1.165, 1.54) is 6.08 Å². The molecule has 0 unspecified atom stereocenters. The first-order valence-electron chi connectivity index (χ1n) is 8.00. The summed E-state index contributed by atoms with van der Waals surface area (Å²) in [6.07, 6.45) is 2.79. The van der Waals surface area contributed by atoms with Crippen LogP contribution in [0.15, 0.2) is 72.8 Å². The molecule has 1 N–H and O–H groups in total. The Bertz CT molecular complexity index is 976. The number of rotatable bonds is 5. The van der Waals surface area contributed by atoms with Crippen LogP contribution >= 0.6 is 11.6 Å². The highest BCUT2D eigenvalue weighted by atomic mass is 35.5. The fraction of sp³-hybridized carbons (Fsp3) is 0.0476. The van der Waals surface area contributed by atoms with E-state index in [1.54, 1.807) is 30.3 Å². The van der Waals surface area contributed by atoms with Crippen LogP contribution in [0.2, 0.25) is 5.02 Å². The number of carbonyl (C=O) groups excluding carboxylic acids is 2. The molecule has 130 valence electrons. The van der Waals surface area contributed by atoms with Crippen LogP contribution in [-0.4, -0.2) is 18.5 Å². The fourth-order valence-electron chi connectivity index (χ4n) is 2.47. The Morgan fingerprint density at radius 3 is 2.54 bits per heavy atom. The molecule has 0 aliphatic carbocycles. The normalized spacial score (nSPS) is 10.8. The third-order valence-corrected chi connectivity index (χ3v) is 4.06. The fourth-order valence-corrected chi connectivity index (χ4v) is 2.67. The molecule has 0 saturated heterocycles. The van der Waals surface area contributed by atoms with E-state index < -0.39 is 11.9 Å². The highest BCUT2D eigenvalue weighted by Crippen LogP contribution is 2.22. The molecule has 3 aromatic carbocycles. The second kappa shape index (κ2) is 8.32. The Kier molecular flexibility index (Phi) is 5.66. The number of halogens is 1. The Hall–Kier alpha value is -3.11. The van der Waals surface area contributed by atoms with Crippen LogP contribution < -0.4 is 5.32 Å². The lowest BCUT2D eigenvalue weighted by Crippen LogP contribution is -2.20. The lowest BCUT2D eigenvalue weighted by molar-refractivity contribution is -0.142. The molecule has 0 bridgehead atoms. The maximum absolute atomic E-state index is 12.1. The standard InChI is InChI=1S/C21H16ClNO3/c22-18-10-4-2-7-16(18)12-13-21(25)26-14-20(24)23-19-11-5-8-15-6-1-3-9-17(15)19/h1-13H,14H2,(H,23,24). The minimum atomic E-state index is -0.613. The molecule has 4 nitrogen and oxygen atoms in total. The molecule has 1 amide bonds. The number of ether oxygens (including phenoxy) is 1. The maximum atomic E-state index is 12.1. The van der Waals surface area contributed by atoms with Gasteiger partial charge in [0.05, 0.1) is 0 Å². The van der Waals surface area contributed by atoms with Gasteiger partial charge in [-0.2, -0.15) is 0 Å². The molecule has 0 atom stereocenters. The van der Waals surface area contributed by atoms with Crippen molar-refractivity contribution in [1.82, 2.24) is 0 Å². The van der Waals surface area contributed by atoms with E-state index in [-0.39, 0.29) is 6.61 Å². The van der Waals surface area contributed by atoms with Gasteiger partial charge in [0, 0.05) is 22.2 Å². The Balaban J connectivity index is 1.57. The van der Waals surface area contributed by atoms with Crippen LogP contribution in [0.25, 0.3) is 16.8 Å². The van der Waals surface area contributed by atoms with Gasteiger partial charge >= 0.3 is 5.97 Å². The zero-order valence-corrected chi connectivity index (χ0v) is 14.6. The zero-order valence-electron chi connectivity index (χ0n) is 13.8. The predicted molar refractivity (Wildman–Crippen MR) is 104 cm³/mol. The van der Waals surface area contributed by atoms with Crippen LogP contribution in [-0.2, 0) is 14.3 Å². The van der Waals surface area contributed by atoms with Crippen molar-refractivity contribution in [2.45, 2.75) is 0 Å². The summed E-state index contributed by atoms with van der Waals surface area (Å²) in [5.41, 5.74) is 1.38. The zero-order chi connectivity index (χ0) is 18.4. The largest absolute Gasteiger partial charge is 0.452 e. The maximum Gasteiger partial charge on any atom is 0.331 e. The third kappa shape index (κ3) is 4.49. The van der Waals surface area contributed by atoms with Gasteiger partial charge in [-0.25, -0.2) is 4.79 Å². The monoisotopic (exact) mass is 365 g/mol. The van der Waals surface area contributed by atoms with Crippen molar-refractivity contribution in [3.63, 3.8) is 0 Å². The smallest absolute Gasteiger partial charge is 0.331 e. The Labute approximate surface area is 156 Å². The summed E-state index contributed by atoms with van der Waals surface area (Å²) < 4.78 is 4.97. The van der Waals surface area contributed by atoms with Crippen molar-refractivity contribution in [3.05, 3.63) is 83.4 Å². The summed E-state index contributed by atoms with van der Waals surface area (Å²) in [5.74, 6) is -1.01. The molecule has 0 saturated carbocycles. The van der Waals surface area contributed by atoms with Crippen molar-refractivity contribution in [2.75, 3.05) is 11.9 Å². The molecule has 0 heterocycles. The Morgan fingerprint density at radius 1 is 0.962 bits per heavy atom. The van der Waals surface area contributed by atoms with E-state index in [2.05, 4.69) is 5.32 Å². The van der Waals surface area contributed by atoms with Gasteiger partial charge < -0.3 is 10.1 Å². The molecule has 0 radical (unpaired) electrons. The predicted octanol–water partition coefficient (Wildman–Crippen LogP) is 4.69. The van der Waals surface area contributed by atoms with Gasteiger partial charge in [0.25, 0.3) is 5.91 Å². The van der Waals surface area contributed by atoms with Crippen molar-refractivity contribution < 1.29 is 14.3 Å². The number of esters is 1. The van der Waals surface area contributed by atoms with Crippen LogP contribution in [0.5, 0.6) is 0 Å². The number of hydrogen-bond donors (Lipinski definition) is 1. The van der Waals surface area contributed by atoms with Crippen LogP contribution in [0.4, 0.5) is 5.69 Å². The summed E-state index contributed by atoms with van der Waals surface area (Å²) in [5, 5.41) is 5.24. The molecular weight excluding hydrogens is 350 g/mol. The van der Waals surface area contributed by atoms with Crippen molar-refractivity contribution in [1.29, 1.82) is 0 Å². The summed E-state index contributed by atoms with van der Waals surface area (Å²) in [4.78, 5) is 23.8. The minimum absolute atomic E-state index is 0.366. The number of amides is 1. The number of benzene rings is 3. The highest BCUT2D eigenvalue weighted by Gasteiger charge is 2.08. The molecule has 0 spiro atoms. The van der Waals surface area contributed by atoms with Crippen molar-refractivity contribution in [3.8, 4) is 0 Å². The van der Waals surface area contributed by atoms with E-state index in [0.717, 1.165) is 10.8 Å². The summed E-state index contributed by atoms with van der Waals surface area (Å²) >= 11 is 6.01. The van der Waals surface area contributed by atoms with Gasteiger partial charge in [0.2, 0.25) is 0 Å². The molecule has 0 fully saturated rings. The molecule has 26 heavy (non-hydrogen) atoms. The number of anilines is 1. The first-order chi connectivity index (χ1) is 12.6. The second-order valence-electron chi connectivity index (χ2n) is 5.54. The van der Waals surface area contributed by atoms with Gasteiger partial charge in [0.15, 0.2) is 6.61 Å². The summed E-state index contributed by atoms with van der Waals surface area (Å²) in [6, 6.07) is 20.5. The molecule has 5 heteroatoms. The quantitative estimate of drug-likeness (QED) is 0.527. The van der Waals surface area contributed by atoms with Gasteiger partial charge in [-0.05, 0) is 29.2 Å². The minimum Gasteiger partial charge on any atom is -0.452 e. The molecule has 0 aliphatic heterocycles. The molecule has 3 aromatic rings. The number of fused-ring (bicyclic) bond motifs is 1. The number of hydrogen-bond acceptors (Lipinski definition) is 3. The van der Waals surface area contributed by atoms with Gasteiger partial charge in [-0.3, -0.25) is 4.79 Å². The van der Waals surface area contributed by atoms with Crippen LogP contribution in [0.1, 0.15) is 5.56 Å². The summed E-state index contributed by atoms with van der Waals surface area (Å²) in [6.45, 7) is -0.366. The van der Waals surface area contributed by atoms with E-state index in [1.807, 2.05) is 42.5 Å². The lowest BCUT2D eigenvalue weighted by atomic mass is 10.1. The Morgan fingerprint density at radius 2 is 1.69 bits per heavy atom. The number of carbonyl (C=O) groups is 2. The van der Waals surface area contributed by atoms with Crippen molar-refractivity contribution >= 4 is 46.0 Å². The van der Waals surface area contributed by atoms with Gasteiger partial charge in [-0.15, -0.1) is 0 Å². The molecule has 3 rings (SSSR count). The number of nitrogens with one attached hydrogen (secondary N) is 1. The van der Waals surface area contributed by atoms with Crippen LogP contribution in [0, 0.1) is 0 Å². The first-order valence-corrected chi connectivity index (χ1v) is 8.38. The molecule has 0 aromatic heterocycles. The van der Waals surface area contributed by atoms with Gasteiger partial charge in [-0.1, -0.05) is 66.2 Å². The lowest BCUT2D eigenvalue weighted by Gasteiger charge is -2.08. The van der Waals surface area contributed by atoms with E-state index in [0.29, 0.717) is 16.3 Å². The molecule has 0 aliphatic rings. The van der Waals surface area contributed by atoms with E-state index >= 15 is 0 Å². The third-order valence-electron chi connectivity index (χ3n) is 3.71. The van der Waals surface area contributed by atoms with Gasteiger partial charge in [0.1, 0.15) is 0 Å². The van der Waals surface area contributed by atoms with Crippen molar-refractivity contribution in [2.24, 2.45) is 0 Å². The highest BCUT2D eigenvalue weighted by molar-refractivity contribution is 6.32. The topological polar surface area (TPSA) is 55.4 Å². The molecular formula is C21H16ClNO3.